The smallest absolute Gasteiger partial charge is 0.338 e. The number of carbonyl (C=O) groups is 2. The summed E-state index contributed by atoms with van der Waals surface area (Å²) in [7, 11) is -4.11. The summed E-state index contributed by atoms with van der Waals surface area (Å²) in [5.74, 6) is -1.56. The fourth-order valence-electron chi connectivity index (χ4n) is 3.31. The Morgan fingerprint density at radius 3 is 2.48 bits per heavy atom. The van der Waals surface area contributed by atoms with Gasteiger partial charge in [0.1, 0.15) is 10.7 Å². The van der Waals surface area contributed by atoms with Crippen molar-refractivity contribution in [1.82, 2.24) is 9.21 Å². The molecule has 0 saturated carbocycles. The first-order valence-corrected chi connectivity index (χ1v) is 11.1. The van der Waals surface area contributed by atoms with E-state index in [9.17, 15) is 22.4 Å². The number of piperidine rings is 1. The molecule has 1 amide bonds. The molecule has 160 valence electrons. The van der Waals surface area contributed by atoms with E-state index in [-0.39, 0.29) is 37.8 Å². The SMILES string of the molecule is CC1CCN(C(=O)COC(=O)c2ccc(F)c(S(=O)(=O)N3CCOCC3)c2)CC1. The molecule has 2 heterocycles. The lowest BCUT2D eigenvalue weighted by atomic mass is 9.99. The number of benzene rings is 1. The molecule has 0 N–H and O–H groups in total. The van der Waals surface area contributed by atoms with Gasteiger partial charge in [0.15, 0.2) is 6.61 Å². The topological polar surface area (TPSA) is 93.2 Å². The highest BCUT2D eigenvalue weighted by atomic mass is 32.2. The molecule has 0 aliphatic carbocycles. The Balaban J connectivity index is 1.67. The molecular weight excluding hydrogens is 403 g/mol. The Bertz CT molecular complexity index is 861. The molecule has 0 bridgehead atoms. The van der Waals surface area contributed by atoms with Crippen LogP contribution in [0.2, 0.25) is 0 Å². The summed E-state index contributed by atoms with van der Waals surface area (Å²) in [6.07, 6.45) is 1.81. The highest BCUT2D eigenvalue weighted by Crippen LogP contribution is 2.22. The Kier molecular flexibility index (Phi) is 6.86. The summed E-state index contributed by atoms with van der Waals surface area (Å²) in [5, 5.41) is 0. The molecule has 0 unspecified atom stereocenters. The lowest BCUT2D eigenvalue weighted by Gasteiger charge is -2.30. The van der Waals surface area contributed by atoms with Gasteiger partial charge in [0, 0.05) is 26.2 Å². The number of esters is 1. The van der Waals surface area contributed by atoms with Crippen molar-refractivity contribution >= 4 is 21.9 Å². The van der Waals surface area contributed by atoms with Gasteiger partial charge in [-0.1, -0.05) is 6.92 Å². The third-order valence-electron chi connectivity index (χ3n) is 5.22. The number of hydrogen-bond donors (Lipinski definition) is 0. The maximum absolute atomic E-state index is 14.2. The van der Waals surface area contributed by atoms with Crippen molar-refractivity contribution in [1.29, 1.82) is 0 Å². The van der Waals surface area contributed by atoms with Crippen LogP contribution < -0.4 is 0 Å². The van der Waals surface area contributed by atoms with Crippen molar-refractivity contribution in [2.75, 3.05) is 46.0 Å². The average Bonchev–Trinajstić information content (AvgIpc) is 2.73. The first-order chi connectivity index (χ1) is 13.8. The number of rotatable bonds is 5. The quantitative estimate of drug-likeness (QED) is 0.656. The molecule has 29 heavy (non-hydrogen) atoms. The van der Waals surface area contributed by atoms with Gasteiger partial charge < -0.3 is 14.4 Å². The van der Waals surface area contributed by atoms with Crippen LogP contribution in [0.25, 0.3) is 0 Å². The molecule has 1 aromatic rings. The van der Waals surface area contributed by atoms with Crippen LogP contribution in [0.3, 0.4) is 0 Å². The van der Waals surface area contributed by atoms with E-state index in [1.807, 2.05) is 0 Å². The van der Waals surface area contributed by atoms with Gasteiger partial charge in [0.25, 0.3) is 5.91 Å². The van der Waals surface area contributed by atoms with Crippen LogP contribution in [0, 0.1) is 11.7 Å². The van der Waals surface area contributed by atoms with Gasteiger partial charge in [-0.15, -0.1) is 0 Å². The second-order valence-electron chi connectivity index (χ2n) is 7.30. The Labute approximate surface area is 169 Å². The standard InChI is InChI=1S/C19H25FN2O6S/c1-14-4-6-21(7-5-14)18(23)13-28-19(24)15-2-3-16(20)17(12-15)29(25,26)22-8-10-27-11-9-22/h2-3,12,14H,4-11,13H2,1H3. The highest BCUT2D eigenvalue weighted by molar-refractivity contribution is 7.89. The molecule has 1 aromatic carbocycles. The van der Waals surface area contributed by atoms with E-state index >= 15 is 0 Å². The largest absolute Gasteiger partial charge is 0.452 e. The molecule has 2 aliphatic heterocycles. The van der Waals surface area contributed by atoms with Crippen LogP contribution in [0.1, 0.15) is 30.1 Å². The molecule has 10 heteroatoms. The zero-order valence-electron chi connectivity index (χ0n) is 16.3. The maximum Gasteiger partial charge on any atom is 0.338 e. The van der Waals surface area contributed by atoms with E-state index < -0.39 is 33.3 Å². The normalized spacial score (nSPS) is 19.2. The van der Waals surface area contributed by atoms with E-state index in [4.69, 9.17) is 9.47 Å². The van der Waals surface area contributed by atoms with Crippen molar-refractivity contribution < 1.29 is 31.9 Å². The minimum absolute atomic E-state index is 0.111. The summed E-state index contributed by atoms with van der Waals surface area (Å²) in [6, 6.07) is 3.01. The molecule has 0 aromatic heterocycles. The molecule has 8 nitrogen and oxygen atoms in total. The summed E-state index contributed by atoms with van der Waals surface area (Å²) in [6.45, 7) is 3.60. The van der Waals surface area contributed by atoms with Crippen molar-refractivity contribution in [3.05, 3.63) is 29.6 Å². The summed E-state index contributed by atoms with van der Waals surface area (Å²) >= 11 is 0. The van der Waals surface area contributed by atoms with E-state index in [1.54, 1.807) is 4.90 Å². The molecule has 0 spiro atoms. The zero-order valence-corrected chi connectivity index (χ0v) is 17.1. The minimum atomic E-state index is -4.11. The van der Waals surface area contributed by atoms with Gasteiger partial charge in [-0.3, -0.25) is 4.79 Å². The number of sulfonamides is 1. The van der Waals surface area contributed by atoms with Gasteiger partial charge in [-0.25, -0.2) is 17.6 Å². The van der Waals surface area contributed by atoms with E-state index in [2.05, 4.69) is 6.92 Å². The predicted octanol–water partition coefficient (Wildman–Crippen LogP) is 1.26. The summed E-state index contributed by atoms with van der Waals surface area (Å²) in [5.41, 5.74) is -0.127. The molecule has 2 saturated heterocycles. The van der Waals surface area contributed by atoms with Crippen LogP contribution >= 0.6 is 0 Å². The van der Waals surface area contributed by atoms with Crippen LogP contribution in [-0.2, 0) is 24.3 Å². The second kappa shape index (κ2) is 9.19. The number of halogens is 1. The van der Waals surface area contributed by atoms with Crippen LogP contribution in [-0.4, -0.2) is 75.5 Å². The monoisotopic (exact) mass is 428 g/mol. The maximum atomic E-state index is 14.2. The zero-order chi connectivity index (χ0) is 21.0. The summed E-state index contributed by atoms with van der Waals surface area (Å²) < 4.78 is 50.9. The van der Waals surface area contributed by atoms with Gasteiger partial charge >= 0.3 is 5.97 Å². The van der Waals surface area contributed by atoms with Crippen molar-refractivity contribution in [2.45, 2.75) is 24.7 Å². The molecule has 0 radical (unpaired) electrons. The lowest BCUT2D eigenvalue weighted by molar-refractivity contribution is -0.135. The Hall–Kier alpha value is -2.04. The first-order valence-electron chi connectivity index (χ1n) is 9.61. The molecular formula is C19H25FN2O6S. The van der Waals surface area contributed by atoms with Crippen molar-refractivity contribution in [3.63, 3.8) is 0 Å². The van der Waals surface area contributed by atoms with Gasteiger partial charge in [0.05, 0.1) is 18.8 Å². The Morgan fingerprint density at radius 2 is 1.83 bits per heavy atom. The molecule has 3 rings (SSSR count). The number of morpholine rings is 1. The molecule has 0 atom stereocenters. The predicted molar refractivity (Wildman–Crippen MR) is 101 cm³/mol. The number of likely N-dealkylation sites (tertiary alicyclic amines) is 1. The fourth-order valence-corrected chi connectivity index (χ4v) is 4.81. The van der Waals surface area contributed by atoms with Gasteiger partial charge in [-0.05, 0) is 37.0 Å². The van der Waals surface area contributed by atoms with Crippen LogP contribution in [0.4, 0.5) is 4.39 Å². The number of ether oxygens (including phenoxy) is 2. The lowest BCUT2D eigenvalue weighted by Crippen LogP contribution is -2.41. The van der Waals surface area contributed by atoms with Crippen LogP contribution in [0.15, 0.2) is 23.1 Å². The molecule has 2 aliphatic rings. The summed E-state index contributed by atoms with van der Waals surface area (Å²) in [4.78, 5) is 25.6. The van der Waals surface area contributed by atoms with Gasteiger partial charge in [-0.2, -0.15) is 4.31 Å². The van der Waals surface area contributed by atoms with Crippen molar-refractivity contribution in [2.24, 2.45) is 5.92 Å². The third kappa shape index (κ3) is 5.12. The third-order valence-corrected chi connectivity index (χ3v) is 7.13. The molecule has 2 fully saturated rings. The highest BCUT2D eigenvalue weighted by Gasteiger charge is 2.30. The van der Waals surface area contributed by atoms with E-state index in [0.717, 1.165) is 35.3 Å². The minimum Gasteiger partial charge on any atom is -0.452 e. The number of carbonyl (C=O) groups excluding carboxylic acids is 2. The fraction of sp³-hybridized carbons (Fsp3) is 0.579. The second-order valence-corrected chi connectivity index (χ2v) is 9.21. The number of amides is 1. The first kappa shape index (κ1) is 21.7. The van der Waals surface area contributed by atoms with E-state index in [0.29, 0.717) is 19.0 Å². The Morgan fingerprint density at radius 1 is 1.17 bits per heavy atom. The van der Waals surface area contributed by atoms with E-state index in [1.165, 1.54) is 0 Å². The van der Waals surface area contributed by atoms with Gasteiger partial charge in [0.2, 0.25) is 10.0 Å². The van der Waals surface area contributed by atoms with Crippen LogP contribution in [0.5, 0.6) is 0 Å². The number of nitrogens with zero attached hydrogens (tertiary/aromatic N) is 2. The van der Waals surface area contributed by atoms with Crippen molar-refractivity contribution in [3.8, 4) is 0 Å². The average molecular weight is 428 g/mol. The number of hydrogen-bond acceptors (Lipinski definition) is 6.